The van der Waals surface area contributed by atoms with Gasteiger partial charge in [0.2, 0.25) is 0 Å². The van der Waals surface area contributed by atoms with Gasteiger partial charge in [-0.1, -0.05) is 12.1 Å². The number of nitrogens with one attached hydrogen (secondary N) is 1. The first kappa shape index (κ1) is 15.3. The third kappa shape index (κ3) is 5.49. The summed E-state index contributed by atoms with van der Waals surface area (Å²) in [6.45, 7) is 8.24. The summed E-state index contributed by atoms with van der Waals surface area (Å²) in [6, 6.07) is 8.02. The molecule has 1 aliphatic rings. The molecule has 2 rings (SSSR count). The average Bonchev–Trinajstić information content (AvgIpc) is 2.48. The minimum absolute atomic E-state index is 0.338. The van der Waals surface area contributed by atoms with Gasteiger partial charge >= 0.3 is 0 Å². The molecule has 1 heterocycles. The molecule has 0 aliphatic carbocycles. The summed E-state index contributed by atoms with van der Waals surface area (Å²) in [5, 5.41) is 12.8. The molecule has 0 saturated carbocycles. The van der Waals surface area contributed by atoms with E-state index >= 15 is 0 Å². The van der Waals surface area contributed by atoms with Crippen molar-refractivity contribution in [2.24, 2.45) is 0 Å². The molecule has 1 aromatic rings. The number of aryl methyl sites for hydroxylation is 1. The summed E-state index contributed by atoms with van der Waals surface area (Å²) in [7, 11) is 0. The van der Waals surface area contributed by atoms with E-state index in [1.165, 1.54) is 5.56 Å². The van der Waals surface area contributed by atoms with Crippen LogP contribution in [0.2, 0.25) is 0 Å². The van der Waals surface area contributed by atoms with Crippen LogP contribution in [0.1, 0.15) is 18.9 Å². The van der Waals surface area contributed by atoms with Crippen LogP contribution in [0.25, 0.3) is 0 Å². The maximum Gasteiger partial charge on any atom is 0.115 e. The van der Waals surface area contributed by atoms with Gasteiger partial charge in [-0.05, 0) is 37.5 Å². The first-order chi connectivity index (χ1) is 9.74. The van der Waals surface area contributed by atoms with Crippen molar-refractivity contribution in [3.05, 3.63) is 29.8 Å². The van der Waals surface area contributed by atoms with Crippen LogP contribution in [0, 0.1) is 0 Å². The van der Waals surface area contributed by atoms with Gasteiger partial charge < -0.3 is 15.2 Å². The molecule has 0 amide bonds. The van der Waals surface area contributed by atoms with Gasteiger partial charge in [-0.3, -0.25) is 4.90 Å². The van der Waals surface area contributed by atoms with E-state index in [9.17, 15) is 5.11 Å². The molecule has 4 heteroatoms. The van der Waals surface area contributed by atoms with Gasteiger partial charge in [-0.2, -0.15) is 0 Å². The van der Waals surface area contributed by atoms with Crippen LogP contribution in [0.15, 0.2) is 24.3 Å². The Balaban J connectivity index is 1.57. The van der Waals surface area contributed by atoms with Crippen LogP contribution in [-0.2, 0) is 11.2 Å². The second kappa shape index (κ2) is 8.25. The van der Waals surface area contributed by atoms with Crippen LogP contribution in [0.3, 0.4) is 0 Å². The molecule has 1 atom stereocenters. The standard InChI is InChI=1S/C16H26N2O2/c1-14(2-3-15-4-6-16(19)7-5-15)17-8-9-18-10-12-20-13-11-18/h4-7,14,17,19H,2-3,8-13H2,1H3. The molecule has 0 bridgehead atoms. The van der Waals surface area contributed by atoms with Crippen molar-refractivity contribution >= 4 is 0 Å². The first-order valence-corrected chi connectivity index (χ1v) is 7.55. The highest BCUT2D eigenvalue weighted by Crippen LogP contribution is 2.11. The largest absolute Gasteiger partial charge is 0.508 e. The Bertz CT molecular complexity index is 375. The number of phenols is 1. The van der Waals surface area contributed by atoms with Crippen LogP contribution in [0.5, 0.6) is 5.75 Å². The van der Waals surface area contributed by atoms with Gasteiger partial charge in [0.25, 0.3) is 0 Å². The van der Waals surface area contributed by atoms with Crippen molar-refractivity contribution in [1.82, 2.24) is 10.2 Å². The lowest BCUT2D eigenvalue weighted by molar-refractivity contribution is 0.0381. The Morgan fingerprint density at radius 1 is 1.25 bits per heavy atom. The third-order valence-electron chi connectivity index (χ3n) is 3.83. The fraction of sp³-hybridized carbons (Fsp3) is 0.625. The Labute approximate surface area is 121 Å². The van der Waals surface area contributed by atoms with Gasteiger partial charge in [0.1, 0.15) is 5.75 Å². The molecule has 1 aliphatic heterocycles. The molecule has 1 fully saturated rings. The normalized spacial score (nSPS) is 18.1. The molecular formula is C16H26N2O2. The van der Waals surface area contributed by atoms with Gasteiger partial charge in [-0.25, -0.2) is 0 Å². The summed E-state index contributed by atoms with van der Waals surface area (Å²) in [5.74, 6) is 0.338. The zero-order valence-electron chi connectivity index (χ0n) is 12.3. The molecule has 2 N–H and O–H groups in total. The Morgan fingerprint density at radius 3 is 2.65 bits per heavy atom. The zero-order valence-corrected chi connectivity index (χ0v) is 12.3. The average molecular weight is 278 g/mol. The number of benzene rings is 1. The lowest BCUT2D eigenvalue weighted by Gasteiger charge is -2.27. The molecule has 112 valence electrons. The highest BCUT2D eigenvalue weighted by Gasteiger charge is 2.10. The maximum absolute atomic E-state index is 9.25. The van der Waals surface area contributed by atoms with E-state index in [1.54, 1.807) is 12.1 Å². The summed E-state index contributed by atoms with van der Waals surface area (Å²) in [5.41, 5.74) is 1.28. The molecule has 0 aromatic heterocycles. The molecule has 1 aromatic carbocycles. The zero-order chi connectivity index (χ0) is 14.2. The minimum Gasteiger partial charge on any atom is -0.508 e. The SMILES string of the molecule is CC(CCc1ccc(O)cc1)NCCN1CCOCC1. The van der Waals surface area contributed by atoms with E-state index < -0.39 is 0 Å². The molecule has 0 radical (unpaired) electrons. The first-order valence-electron chi connectivity index (χ1n) is 7.55. The number of hydrogen-bond donors (Lipinski definition) is 2. The number of rotatable bonds is 7. The quantitative estimate of drug-likeness (QED) is 0.796. The highest BCUT2D eigenvalue weighted by atomic mass is 16.5. The predicted molar refractivity (Wildman–Crippen MR) is 81.2 cm³/mol. The van der Waals surface area contributed by atoms with E-state index in [0.29, 0.717) is 11.8 Å². The van der Waals surface area contributed by atoms with Crippen molar-refractivity contribution in [3.8, 4) is 5.75 Å². The molecule has 20 heavy (non-hydrogen) atoms. The number of phenolic OH excluding ortho intramolecular Hbond substituents is 1. The van der Waals surface area contributed by atoms with Crippen molar-refractivity contribution in [3.63, 3.8) is 0 Å². The van der Waals surface area contributed by atoms with Crippen LogP contribution in [0.4, 0.5) is 0 Å². The van der Waals surface area contributed by atoms with Crippen molar-refractivity contribution in [2.45, 2.75) is 25.8 Å². The summed E-state index contributed by atoms with van der Waals surface area (Å²) in [4.78, 5) is 2.45. The Hall–Kier alpha value is -1.10. The molecule has 1 saturated heterocycles. The topological polar surface area (TPSA) is 44.7 Å². The van der Waals surface area contributed by atoms with E-state index in [4.69, 9.17) is 4.74 Å². The maximum atomic E-state index is 9.25. The lowest BCUT2D eigenvalue weighted by atomic mass is 10.1. The van der Waals surface area contributed by atoms with E-state index in [-0.39, 0.29) is 0 Å². The van der Waals surface area contributed by atoms with Crippen LogP contribution in [-0.4, -0.2) is 55.4 Å². The summed E-state index contributed by atoms with van der Waals surface area (Å²) in [6.07, 6.45) is 2.17. The summed E-state index contributed by atoms with van der Waals surface area (Å²) < 4.78 is 5.34. The number of nitrogens with zero attached hydrogens (tertiary/aromatic N) is 1. The number of ether oxygens (including phenoxy) is 1. The van der Waals surface area contributed by atoms with E-state index in [2.05, 4.69) is 17.1 Å². The Morgan fingerprint density at radius 2 is 1.95 bits per heavy atom. The van der Waals surface area contributed by atoms with Gasteiger partial charge in [-0.15, -0.1) is 0 Å². The molecule has 4 nitrogen and oxygen atoms in total. The van der Waals surface area contributed by atoms with Crippen LogP contribution >= 0.6 is 0 Å². The molecule has 1 unspecified atom stereocenters. The monoisotopic (exact) mass is 278 g/mol. The fourth-order valence-electron chi connectivity index (χ4n) is 2.44. The number of hydrogen-bond acceptors (Lipinski definition) is 4. The van der Waals surface area contributed by atoms with Crippen LogP contribution < -0.4 is 5.32 Å². The summed E-state index contributed by atoms with van der Waals surface area (Å²) >= 11 is 0. The minimum atomic E-state index is 0.338. The molecular weight excluding hydrogens is 252 g/mol. The lowest BCUT2D eigenvalue weighted by Crippen LogP contribution is -2.41. The Kier molecular flexibility index (Phi) is 6.30. The number of morpholine rings is 1. The second-order valence-corrected chi connectivity index (χ2v) is 5.51. The van der Waals surface area contributed by atoms with Gasteiger partial charge in [0.05, 0.1) is 13.2 Å². The predicted octanol–water partition coefficient (Wildman–Crippen LogP) is 1.64. The van der Waals surface area contributed by atoms with Crippen molar-refractivity contribution in [1.29, 1.82) is 0 Å². The van der Waals surface area contributed by atoms with Gasteiger partial charge in [0.15, 0.2) is 0 Å². The van der Waals surface area contributed by atoms with E-state index in [0.717, 1.165) is 52.2 Å². The highest BCUT2D eigenvalue weighted by molar-refractivity contribution is 5.25. The number of aromatic hydroxyl groups is 1. The van der Waals surface area contributed by atoms with Crippen molar-refractivity contribution in [2.75, 3.05) is 39.4 Å². The smallest absolute Gasteiger partial charge is 0.115 e. The second-order valence-electron chi connectivity index (χ2n) is 5.51. The fourth-order valence-corrected chi connectivity index (χ4v) is 2.44. The molecule has 0 spiro atoms. The van der Waals surface area contributed by atoms with Gasteiger partial charge in [0, 0.05) is 32.2 Å². The third-order valence-corrected chi connectivity index (χ3v) is 3.83. The van der Waals surface area contributed by atoms with E-state index in [1.807, 2.05) is 12.1 Å². The van der Waals surface area contributed by atoms with Crippen molar-refractivity contribution < 1.29 is 9.84 Å².